The van der Waals surface area contributed by atoms with Crippen molar-refractivity contribution in [2.45, 2.75) is 38.8 Å². The van der Waals surface area contributed by atoms with Crippen LogP contribution in [0.5, 0.6) is 5.75 Å². The number of rotatable bonds is 2. The lowest BCUT2D eigenvalue weighted by molar-refractivity contribution is 0.0287. The average molecular weight is 292 g/mol. The average Bonchev–Trinajstić information content (AvgIpc) is 2.72. The summed E-state index contributed by atoms with van der Waals surface area (Å²) < 4.78 is 5.37. The topological polar surface area (TPSA) is 75.8 Å². The predicted molar refractivity (Wildman–Crippen MR) is 81.1 cm³/mol. The Kier molecular flexibility index (Phi) is 4.42. The molecule has 0 radical (unpaired) electrons. The molecular weight excluding hydrogens is 268 g/mol. The van der Waals surface area contributed by atoms with Crippen LogP contribution in [0.3, 0.4) is 0 Å². The summed E-state index contributed by atoms with van der Waals surface area (Å²) in [4.78, 5) is 13.7. The van der Waals surface area contributed by atoms with Crippen LogP contribution in [0, 0.1) is 5.92 Å². The molecule has 1 aromatic carbocycles. The zero-order valence-electron chi connectivity index (χ0n) is 12.9. The summed E-state index contributed by atoms with van der Waals surface area (Å²) in [7, 11) is 0. The number of likely N-dealkylation sites (tertiary alicyclic amines) is 1. The number of benzene rings is 1. The highest BCUT2D eigenvalue weighted by atomic mass is 16.6. The van der Waals surface area contributed by atoms with E-state index >= 15 is 0 Å². The van der Waals surface area contributed by atoms with Gasteiger partial charge >= 0.3 is 6.09 Å². The standard InChI is InChI=1S/C16H24N2O3/c1-16(2,3)21-15(20)18-9-12(13(17)10-18)8-11-6-4-5-7-14(11)19/h4-7,12-13,19H,8-10,17H2,1-3H3. The zero-order valence-corrected chi connectivity index (χ0v) is 12.9. The summed E-state index contributed by atoms with van der Waals surface area (Å²) in [5, 5.41) is 9.84. The van der Waals surface area contributed by atoms with Crippen LogP contribution in [0.4, 0.5) is 4.79 Å². The number of phenols is 1. The molecule has 0 spiro atoms. The van der Waals surface area contributed by atoms with E-state index in [1.165, 1.54) is 0 Å². The Labute approximate surface area is 125 Å². The van der Waals surface area contributed by atoms with Crippen molar-refractivity contribution in [1.82, 2.24) is 4.90 Å². The van der Waals surface area contributed by atoms with E-state index in [1.807, 2.05) is 32.9 Å². The van der Waals surface area contributed by atoms with Crippen LogP contribution < -0.4 is 5.73 Å². The van der Waals surface area contributed by atoms with E-state index in [-0.39, 0.29) is 23.8 Å². The van der Waals surface area contributed by atoms with Crippen LogP contribution in [-0.2, 0) is 11.2 Å². The third kappa shape index (κ3) is 4.11. The lowest BCUT2D eigenvalue weighted by Gasteiger charge is -2.24. The quantitative estimate of drug-likeness (QED) is 0.875. The Morgan fingerprint density at radius 1 is 1.38 bits per heavy atom. The van der Waals surface area contributed by atoms with Crippen molar-refractivity contribution in [3.8, 4) is 5.75 Å². The molecule has 1 fully saturated rings. The molecule has 0 aromatic heterocycles. The van der Waals surface area contributed by atoms with Gasteiger partial charge in [-0.2, -0.15) is 0 Å². The number of hydrogen-bond acceptors (Lipinski definition) is 4. The van der Waals surface area contributed by atoms with Crippen LogP contribution in [0.1, 0.15) is 26.3 Å². The number of phenolic OH excluding ortho intramolecular Hbond substituents is 1. The molecule has 116 valence electrons. The van der Waals surface area contributed by atoms with Crippen molar-refractivity contribution in [2.24, 2.45) is 11.7 Å². The second-order valence-corrected chi connectivity index (χ2v) is 6.64. The van der Waals surface area contributed by atoms with Gasteiger partial charge in [-0.3, -0.25) is 0 Å². The maximum Gasteiger partial charge on any atom is 0.410 e. The molecule has 0 aliphatic carbocycles. The second-order valence-electron chi connectivity index (χ2n) is 6.64. The molecule has 0 saturated carbocycles. The largest absolute Gasteiger partial charge is 0.508 e. The van der Waals surface area contributed by atoms with Gasteiger partial charge in [-0.25, -0.2) is 4.79 Å². The number of para-hydroxylation sites is 1. The highest BCUT2D eigenvalue weighted by Gasteiger charge is 2.35. The summed E-state index contributed by atoms with van der Waals surface area (Å²) in [6, 6.07) is 7.14. The molecule has 1 aliphatic rings. The van der Waals surface area contributed by atoms with Crippen molar-refractivity contribution >= 4 is 6.09 Å². The van der Waals surface area contributed by atoms with Crippen molar-refractivity contribution in [2.75, 3.05) is 13.1 Å². The van der Waals surface area contributed by atoms with Gasteiger partial charge in [0.15, 0.2) is 0 Å². The summed E-state index contributed by atoms with van der Waals surface area (Å²) in [5.41, 5.74) is 6.50. The molecule has 1 aromatic rings. The van der Waals surface area contributed by atoms with Crippen LogP contribution in [-0.4, -0.2) is 40.8 Å². The first-order valence-electron chi connectivity index (χ1n) is 7.26. The van der Waals surface area contributed by atoms with E-state index in [0.29, 0.717) is 19.5 Å². The number of nitrogens with zero attached hydrogens (tertiary/aromatic N) is 1. The van der Waals surface area contributed by atoms with E-state index in [1.54, 1.807) is 17.0 Å². The summed E-state index contributed by atoms with van der Waals surface area (Å²) >= 11 is 0. The molecular formula is C16H24N2O3. The Morgan fingerprint density at radius 2 is 2.05 bits per heavy atom. The minimum absolute atomic E-state index is 0.0999. The van der Waals surface area contributed by atoms with Crippen LogP contribution in [0.2, 0.25) is 0 Å². The Hall–Kier alpha value is -1.75. The minimum Gasteiger partial charge on any atom is -0.508 e. The Balaban J connectivity index is 1.98. The molecule has 2 atom stereocenters. The molecule has 3 N–H and O–H groups in total. The van der Waals surface area contributed by atoms with Gasteiger partial charge in [0, 0.05) is 19.1 Å². The fraction of sp³-hybridized carbons (Fsp3) is 0.562. The van der Waals surface area contributed by atoms with Crippen LogP contribution in [0.15, 0.2) is 24.3 Å². The van der Waals surface area contributed by atoms with E-state index in [0.717, 1.165) is 5.56 Å². The summed E-state index contributed by atoms with van der Waals surface area (Å²) in [6.07, 6.45) is 0.338. The third-order valence-electron chi connectivity index (χ3n) is 3.62. The van der Waals surface area contributed by atoms with Gasteiger partial charge in [-0.15, -0.1) is 0 Å². The van der Waals surface area contributed by atoms with Crippen molar-refractivity contribution in [3.05, 3.63) is 29.8 Å². The van der Waals surface area contributed by atoms with Gasteiger partial charge in [0.25, 0.3) is 0 Å². The molecule has 1 saturated heterocycles. The van der Waals surface area contributed by atoms with Crippen molar-refractivity contribution in [1.29, 1.82) is 0 Å². The second kappa shape index (κ2) is 5.93. The monoisotopic (exact) mass is 292 g/mol. The number of hydrogen-bond donors (Lipinski definition) is 2. The first-order chi connectivity index (χ1) is 9.76. The number of ether oxygens (including phenoxy) is 1. The highest BCUT2D eigenvalue weighted by molar-refractivity contribution is 5.68. The number of carbonyl (C=O) groups is 1. The number of amides is 1. The summed E-state index contributed by atoms with van der Waals surface area (Å²) in [5.74, 6) is 0.409. The molecule has 21 heavy (non-hydrogen) atoms. The lowest BCUT2D eigenvalue weighted by Crippen LogP contribution is -2.36. The van der Waals surface area contributed by atoms with Gasteiger partial charge in [0.05, 0.1) is 0 Å². The fourth-order valence-corrected chi connectivity index (χ4v) is 2.55. The van der Waals surface area contributed by atoms with E-state index in [9.17, 15) is 9.90 Å². The number of carbonyl (C=O) groups excluding carboxylic acids is 1. The molecule has 1 amide bonds. The van der Waals surface area contributed by atoms with Crippen molar-refractivity contribution < 1.29 is 14.6 Å². The number of aromatic hydroxyl groups is 1. The van der Waals surface area contributed by atoms with Gasteiger partial charge < -0.3 is 20.5 Å². The smallest absolute Gasteiger partial charge is 0.410 e. The Bertz CT molecular complexity index is 510. The van der Waals surface area contributed by atoms with E-state index in [4.69, 9.17) is 10.5 Å². The summed E-state index contributed by atoms with van der Waals surface area (Å²) in [6.45, 7) is 6.60. The minimum atomic E-state index is -0.503. The van der Waals surface area contributed by atoms with E-state index in [2.05, 4.69) is 0 Å². The first kappa shape index (κ1) is 15.6. The SMILES string of the molecule is CC(C)(C)OC(=O)N1CC(N)C(Cc2ccccc2O)C1. The normalized spacial score (nSPS) is 22.4. The highest BCUT2D eigenvalue weighted by Crippen LogP contribution is 2.26. The zero-order chi connectivity index (χ0) is 15.6. The van der Waals surface area contributed by atoms with E-state index < -0.39 is 5.60 Å². The maximum atomic E-state index is 12.1. The van der Waals surface area contributed by atoms with Gasteiger partial charge in [-0.1, -0.05) is 18.2 Å². The van der Waals surface area contributed by atoms with Gasteiger partial charge in [-0.05, 0) is 44.7 Å². The lowest BCUT2D eigenvalue weighted by atomic mass is 9.95. The van der Waals surface area contributed by atoms with Gasteiger partial charge in [0.2, 0.25) is 0 Å². The molecule has 2 rings (SSSR count). The molecule has 0 bridgehead atoms. The van der Waals surface area contributed by atoms with Gasteiger partial charge in [0.1, 0.15) is 11.4 Å². The fourth-order valence-electron chi connectivity index (χ4n) is 2.55. The molecule has 2 unspecified atom stereocenters. The molecule has 5 nitrogen and oxygen atoms in total. The molecule has 1 heterocycles. The molecule has 5 heteroatoms. The third-order valence-corrected chi connectivity index (χ3v) is 3.62. The van der Waals surface area contributed by atoms with Crippen LogP contribution in [0.25, 0.3) is 0 Å². The number of nitrogens with two attached hydrogens (primary N) is 1. The first-order valence-corrected chi connectivity index (χ1v) is 7.26. The maximum absolute atomic E-state index is 12.1. The predicted octanol–water partition coefficient (Wildman–Crippen LogP) is 2.13. The van der Waals surface area contributed by atoms with Crippen LogP contribution >= 0.6 is 0 Å². The Morgan fingerprint density at radius 3 is 2.67 bits per heavy atom. The molecule has 1 aliphatic heterocycles. The van der Waals surface area contributed by atoms with Crippen molar-refractivity contribution in [3.63, 3.8) is 0 Å².